The second-order valence-electron chi connectivity index (χ2n) is 7.69. The zero-order chi connectivity index (χ0) is 19.6. The molecule has 2 unspecified atom stereocenters. The number of benzene rings is 1. The highest BCUT2D eigenvalue weighted by Crippen LogP contribution is 2.40. The predicted molar refractivity (Wildman–Crippen MR) is 105 cm³/mol. The molecule has 5 nitrogen and oxygen atoms in total. The Morgan fingerprint density at radius 1 is 0.889 bits per heavy atom. The Morgan fingerprint density at radius 3 is 1.96 bits per heavy atom. The Kier molecular flexibility index (Phi) is 8.92. The van der Waals surface area contributed by atoms with Crippen LogP contribution in [-0.4, -0.2) is 27.7 Å². The number of Topliss-reactive ketones (excluding diaryl/α,β-unsaturated/α-hetero) is 1. The van der Waals surface area contributed by atoms with Gasteiger partial charge in [-0.3, -0.25) is 4.79 Å². The second-order valence-corrected chi connectivity index (χ2v) is 7.69. The van der Waals surface area contributed by atoms with Crippen molar-refractivity contribution in [1.82, 2.24) is 0 Å². The van der Waals surface area contributed by atoms with E-state index in [0.717, 1.165) is 19.3 Å². The first-order chi connectivity index (χ1) is 13.0. The number of aromatic hydroxyl groups is 3. The van der Waals surface area contributed by atoms with Gasteiger partial charge in [-0.05, 0) is 24.1 Å². The third kappa shape index (κ3) is 6.42. The van der Waals surface area contributed by atoms with Crippen LogP contribution in [0, 0.1) is 5.92 Å². The first kappa shape index (κ1) is 21.5. The first-order valence-electron chi connectivity index (χ1n) is 10.4. The van der Waals surface area contributed by atoms with Gasteiger partial charge in [0.2, 0.25) is 0 Å². The van der Waals surface area contributed by atoms with Gasteiger partial charge >= 0.3 is 0 Å². The topological polar surface area (TPSA) is 87.0 Å². The van der Waals surface area contributed by atoms with Gasteiger partial charge in [0.1, 0.15) is 6.10 Å². The summed E-state index contributed by atoms with van der Waals surface area (Å²) >= 11 is 0. The SMILES string of the molecule is CCCCCCCCCCCCC1COC(c2cc(O)c(O)c(O)c2)C1=O. The molecule has 0 spiro atoms. The molecule has 3 N–H and O–H groups in total. The first-order valence-corrected chi connectivity index (χ1v) is 10.4. The molecule has 2 rings (SSSR count). The Labute approximate surface area is 162 Å². The van der Waals surface area contributed by atoms with Crippen LogP contribution in [0.5, 0.6) is 17.2 Å². The van der Waals surface area contributed by atoms with E-state index >= 15 is 0 Å². The van der Waals surface area contributed by atoms with Gasteiger partial charge in [-0.25, -0.2) is 0 Å². The zero-order valence-corrected chi connectivity index (χ0v) is 16.5. The lowest BCUT2D eigenvalue weighted by molar-refractivity contribution is -0.124. The van der Waals surface area contributed by atoms with Gasteiger partial charge in [-0.2, -0.15) is 0 Å². The largest absolute Gasteiger partial charge is 0.504 e. The van der Waals surface area contributed by atoms with Crippen molar-refractivity contribution < 1.29 is 24.9 Å². The van der Waals surface area contributed by atoms with Gasteiger partial charge in [0.15, 0.2) is 23.0 Å². The number of rotatable bonds is 12. The summed E-state index contributed by atoms with van der Waals surface area (Å²) in [4.78, 5) is 12.6. The number of phenolic OH excluding ortho intramolecular Hbond substituents is 3. The summed E-state index contributed by atoms with van der Waals surface area (Å²) in [6.45, 7) is 2.62. The second kappa shape index (κ2) is 11.2. The molecule has 0 aliphatic carbocycles. The molecule has 0 aromatic heterocycles. The number of hydrogen-bond donors (Lipinski definition) is 3. The summed E-state index contributed by atoms with van der Waals surface area (Å²) in [7, 11) is 0. The van der Waals surface area contributed by atoms with E-state index in [1.165, 1.54) is 63.5 Å². The van der Waals surface area contributed by atoms with Crippen molar-refractivity contribution in [2.24, 2.45) is 5.92 Å². The number of phenols is 3. The smallest absolute Gasteiger partial charge is 0.200 e. The zero-order valence-electron chi connectivity index (χ0n) is 16.5. The van der Waals surface area contributed by atoms with Gasteiger partial charge in [0.05, 0.1) is 6.61 Å². The van der Waals surface area contributed by atoms with Crippen LogP contribution in [0.25, 0.3) is 0 Å². The molecule has 1 aliphatic rings. The molecule has 0 bridgehead atoms. The highest BCUT2D eigenvalue weighted by molar-refractivity contribution is 5.88. The van der Waals surface area contributed by atoms with E-state index in [-0.39, 0.29) is 11.7 Å². The average molecular weight is 379 g/mol. The maximum atomic E-state index is 12.6. The molecule has 1 heterocycles. The lowest BCUT2D eigenvalue weighted by Crippen LogP contribution is -2.14. The summed E-state index contributed by atoms with van der Waals surface area (Å²) in [5.74, 6) is -1.59. The molecule has 0 radical (unpaired) electrons. The van der Waals surface area contributed by atoms with Gasteiger partial charge in [-0.1, -0.05) is 71.1 Å². The Hall–Kier alpha value is -1.75. The third-order valence-electron chi connectivity index (χ3n) is 5.43. The molecule has 0 saturated carbocycles. The van der Waals surface area contributed by atoms with Crippen molar-refractivity contribution in [2.45, 2.75) is 83.7 Å². The van der Waals surface area contributed by atoms with Gasteiger partial charge < -0.3 is 20.1 Å². The van der Waals surface area contributed by atoms with Crippen LogP contribution < -0.4 is 0 Å². The molecule has 152 valence electrons. The molecule has 1 aliphatic heterocycles. The quantitative estimate of drug-likeness (QED) is 0.336. The summed E-state index contributed by atoms with van der Waals surface area (Å²) in [5.41, 5.74) is 0.387. The van der Waals surface area contributed by atoms with E-state index in [1.807, 2.05) is 0 Å². The number of carbonyl (C=O) groups is 1. The molecule has 27 heavy (non-hydrogen) atoms. The highest BCUT2D eigenvalue weighted by atomic mass is 16.5. The number of carbonyl (C=O) groups excluding carboxylic acids is 1. The van der Waals surface area contributed by atoms with Gasteiger partial charge in [0.25, 0.3) is 0 Å². The van der Waals surface area contributed by atoms with Gasteiger partial charge in [-0.15, -0.1) is 0 Å². The van der Waals surface area contributed by atoms with Crippen LogP contribution in [0.3, 0.4) is 0 Å². The molecule has 1 saturated heterocycles. The van der Waals surface area contributed by atoms with Crippen molar-refractivity contribution in [1.29, 1.82) is 0 Å². The fourth-order valence-electron chi connectivity index (χ4n) is 3.73. The molecule has 1 fully saturated rings. The third-order valence-corrected chi connectivity index (χ3v) is 5.43. The minimum absolute atomic E-state index is 0.00425. The van der Waals surface area contributed by atoms with E-state index in [2.05, 4.69) is 6.92 Å². The van der Waals surface area contributed by atoms with Crippen molar-refractivity contribution in [2.75, 3.05) is 6.61 Å². The molecule has 2 atom stereocenters. The van der Waals surface area contributed by atoms with Crippen molar-refractivity contribution in [3.8, 4) is 17.2 Å². The van der Waals surface area contributed by atoms with E-state index < -0.39 is 23.4 Å². The lowest BCUT2D eigenvalue weighted by atomic mass is 9.93. The lowest BCUT2D eigenvalue weighted by Gasteiger charge is -2.11. The molecule has 5 heteroatoms. The minimum atomic E-state index is -0.768. The number of ether oxygens (including phenoxy) is 1. The summed E-state index contributed by atoms with van der Waals surface area (Å²) in [5, 5.41) is 28.7. The Bertz CT molecular complexity index is 575. The summed E-state index contributed by atoms with van der Waals surface area (Å²) < 4.78 is 5.60. The fourth-order valence-corrected chi connectivity index (χ4v) is 3.73. The van der Waals surface area contributed by atoms with E-state index in [9.17, 15) is 20.1 Å². The standard InChI is InChI=1S/C22H34O5/c1-2-3-4-5-6-7-8-9-10-11-12-16-15-27-22(20(16)25)17-13-18(23)21(26)19(24)14-17/h13-14,16,22-24,26H,2-12,15H2,1H3. The molecule has 0 amide bonds. The van der Waals surface area contributed by atoms with Crippen LogP contribution >= 0.6 is 0 Å². The van der Waals surface area contributed by atoms with Crippen LogP contribution in [0.2, 0.25) is 0 Å². The van der Waals surface area contributed by atoms with Crippen LogP contribution in [-0.2, 0) is 9.53 Å². The minimum Gasteiger partial charge on any atom is -0.504 e. The number of hydrogen-bond acceptors (Lipinski definition) is 5. The van der Waals surface area contributed by atoms with E-state index in [1.54, 1.807) is 0 Å². The van der Waals surface area contributed by atoms with E-state index in [0.29, 0.717) is 12.2 Å². The number of ketones is 1. The maximum Gasteiger partial charge on any atom is 0.200 e. The molecule has 1 aromatic carbocycles. The molecular formula is C22H34O5. The molecule has 1 aromatic rings. The maximum absolute atomic E-state index is 12.6. The summed E-state index contributed by atoms with van der Waals surface area (Å²) in [6.07, 6.45) is 12.7. The van der Waals surface area contributed by atoms with Crippen molar-refractivity contribution >= 4 is 5.78 Å². The Balaban J connectivity index is 1.64. The van der Waals surface area contributed by atoms with Crippen molar-refractivity contribution in [3.63, 3.8) is 0 Å². The highest BCUT2D eigenvalue weighted by Gasteiger charge is 2.36. The average Bonchev–Trinajstić information content (AvgIpc) is 3.01. The number of unbranched alkanes of at least 4 members (excludes halogenated alkanes) is 9. The monoisotopic (exact) mass is 378 g/mol. The normalized spacial score (nSPS) is 19.7. The molecular weight excluding hydrogens is 344 g/mol. The van der Waals surface area contributed by atoms with Crippen LogP contribution in [0.4, 0.5) is 0 Å². The fraction of sp³-hybridized carbons (Fsp3) is 0.682. The predicted octanol–water partition coefficient (Wildman–Crippen LogP) is 5.37. The Morgan fingerprint density at radius 2 is 1.41 bits per heavy atom. The van der Waals surface area contributed by atoms with Crippen LogP contribution in [0.1, 0.15) is 89.2 Å². The summed E-state index contributed by atoms with van der Waals surface area (Å²) in [6, 6.07) is 2.56. The van der Waals surface area contributed by atoms with Crippen molar-refractivity contribution in [3.05, 3.63) is 17.7 Å². The van der Waals surface area contributed by atoms with Gasteiger partial charge in [0, 0.05) is 5.92 Å². The van der Waals surface area contributed by atoms with Crippen LogP contribution in [0.15, 0.2) is 12.1 Å². The van der Waals surface area contributed by atoms with E-state index in [4.69, 9.17) is 4.74 Å².